The van der Waals surface area contributed by atoms with Gasteiger partial charge in [0.2, 0.25) is 5.82 Å². The predicted molar refractivity (Wildman–Crippen MR) is 123 cm³/mol. The summed E-state index contributed by atoms with van der Waals surface area (Å²) in [4.78, 5) is 26.5. The Kier molecular flexibility index (Phi) is 8.41. The average Bonchev–Trinajstić information content (AvgIpc) is 2.58. The van der Waals surface area contributed by atoms with Crippen molar-refractivity contribution in [2.75, 3.05) is 13.1 Å². The molecule has 2 aromatic rings. The number of hydrogen-bond donors (Lipinski definition) is 0. The van der Waals surface area contributed by atoms with Crippen LogP contribution in [0.5, 0.6) is 0 Å². The van der Waals surface area contributed by atoms with Crippen LogP contribution < -0.4 is 0 Å². The van der Waals surface area contributed by atoms with Crippen LogP contribution in [0.3, 0.4) is 0 Å². The number of rotatable bonds is 7. The van der Waals surface area contributed by atoms with Gasteiger partial charge >= 0.3 is 11.9 Å². The maximum atomic E-state index is 12.4. The molecule has 2 rings (SSSR count). The van der Waals surface area contributed by atoms with Crippen molar-refractivity contribution >= 4 is 34.5 Å². The number of benzene rings is 1. The fraction of sp³-hybridized carbons (Fsp3) is 0.524. The minimum absolute atomic E-state index is 0.0533. The largest absolute Gasteiger partial charge is 0.459 e. The molecule has 10 heteroatoms. The molecule has 9 nitrogen and oxygen atoms in total. The topological polar surface area (TPSA) is 107 Å². The quantitative estimate of drug-likeness (QED) is 0.386. The first-order valence-electron chi connectivity index (χ1n) is 9.77. The van der Waals surface area contributed by atoms with Gasteiger partial charge in [0.05, 0.1) is 13.1 Å². The second-order valence-corrected chi connectivity index (χ2v) is 10.3. The van der Waals surface area contributed by atoms with Crippen LogP contribution in [0.2, 0.25) is 0 Å². The molecule has 0 spiro atoms. The smallest absolute Gasteiger partial charge is 0.320 e. The third kappa shape index (κ3) is 9.64. The molecule has 0 radical (unpaired) electrons. The van der Waals surface area contributed by atoms with Crippen LogP contribution in [0.15, 0.2) is 24.5 Å². The highest BCUT2D eigenvalue weighted by Crippen LogP contribution is 2.21. The number of aromatic nitrogens is 4. The van der Waals surface area contributed by atoms with Crippen molar-refractivity contribution in [3.05, 3.63) is 33.7 Å². The molecule has 1 aromatic heterocycles. The molecule has 0 N–H and O–H groups in total. The summed E-state index contributed by atoms with van der Waals surface area (Å²) < 4.78 is 11.8. The van der Waals surface area contributed by atoms with Crippen LogP contribution in [0.1, 0.15) is 47.1 Å². The van der Waals surface area contributed by atoms with E-state index in [9.17, 15) is 9.59 Å². The Morgan fingerprint density at radius 3 is 1.90 bits per heavy atom. The lowest BCUT2D eigenvalue weighted by Crippen LogP contribution is -2.39. The summed E-state index contributed by atoms with van der Waals surface area (Å²) in [5.41, 5.74) is 0.391. The van der Waals surface area contributed by atoms with Gasteiger partial charge < -0.3 is 9.47 Å². The summed E-state index contributed by atoms with van der Waals surface area (Å²) in [6.45, 7) is 11.0. The van der Waals surface area contributed by atoms with Crippen molar-refractivity contribution in [1.82, 2.24) is 25.3 Å². The van der Waals surface area contributed by atoms with Crippen molar-refractivity contribution in [2.45, 2.75) is 59.3 Å². The minimum Gasteiger partial charge on any atom is -0.459 e. The molecule has 0 aliphatic rings. The van der Waals surface area contributed by atoms with Gasteiger partial charge in [0, 0.05) is 15.7 Å². The van der Waals surface area contributed by atoms with E-state index in [-0.39, 0.29) is 13.1 Å². The highest BCUT2D eigenvalue weighted by molar-refractivity contribution is 14.1. The van der Waals surface area contributed by atoms with Crippen molar-refractivity contribution < 1.29 is 19.1 Å². The summed E-state index contributed by atoms with van der Waals surface area (Å²) >= 11 is 2.19. The van der Waals surface area contributed by atoms with Gasteiger partial charge in [0.1, 0.15) is 11.2 Å². The van der Waals surface area contributed by atoms with Crippen LogP contribution in [0.25, 0.3) is 11.4 Å². The molecule has 168 valence electrons. The van der Waals surface area contributed by atoms with Gasteiger partial charge in [0.25, 0.3) is 0 Å². The van der Waals surface area contributed by atoms with E-state index >= 15 is 0 Å². The van der Waals surface area contributed by atoms with Gasteiger partial charge in [0.15, 0.2) is 6.33 Å². The molecule has 0 bridgehead atoms. The van der Waals surface area contributed by atoms with Crippen LogP contribution in [0.4, 0.5) is 0 Å². The van der Waals surface area contributed by atoms with Gasteiger partial charge in [-0.3, -0.25) is 14.5 Å². The first-order chi connectivity index (χ1) is 14.3. The van der Waals surface area contributed by atoms with E-state index in [4.69, 9.17) is 9.47 Å². The van der Waals surface area contributed by atoms with Crippen LogP contribution in [0, 0.1) is 3.57 Å². The van der Waals surface area contributed by atoms with Gasteiger partial charge in [-0.25, -0.2) is 0 Å². The maximum Gasteiger partial charge on any atom is 0.320 e. The van der Waals surface area contributed by atoms with E-state index in [1.165, 1.54) is 6.33 Å². The minimum atomic E-state index is -0.616. The summed E-state index contributed by atoms with van der Waals surface area (Å²) in [6, 6.07) is 5.76. The number of carbonyl (C=O) groups excluding carboxylic acids is 2. The Balaban J connectivity index is 2.24. The van der Waals surface area contributed by atoms with Gasteiger partial charge in [-0.15, -0.1) is 20.4 Å². The number of carbonyl (C=O) groups is 2. The second-order valence-electron chi connectivity index (χ2n) is 9.04. The second kappa shape index (κ2) is 10.4. The van der Waals surface area contributed by atoms with Crippen molar-refractivity contribution in [2.24, 2.45) is 0 Å². The average molecular weight is 541 g/mol. The van der Waals surface area contributed by atoms with Crippen molar-refractivity contribution in [1.29, 1.82) is 0 Å². The molecule has 0 atom stereocenters. The number of esters is 2. The Labute approximate surface area is 196 Å². The first-order valence-corrected chi connectivity index (χ1v) is 10.8. The van der Waals surface area contributed by atoms with Crippen LogP contribution in [-0.4, -0.2) is 61.5 Å². The molecule has 0 saturated heterocycles. The molecule has 0 aliphatic heterocycles. The molecule has 1 heterocycles. The van der Waals surface area contributed by atoms with Gasteiger partial charge in [-0.1, -0.05) is 0 Å². The SMILES string of the molecule is CC(C)(C)OC(=O)CN(CC(=O)OC(C)(C)C)Cc1cc(I)cc(-c2nncnn2)c1. The van der Waals surface area contributed by atoms with Crippen molar-refractivity contribution in [3.63, 3.8) is 0 Å². The molecule has 31 heavy (non-hydrogen) atoms. The molecule has 0 aliphatic carbocycles. The summed E-state index contributed by atoms with van der Waals surface area (Å²) in [7, 11) is 0. The zero-order valence-corrected chi connectivity index (χ0v) is 20.8. The monoisotopic (exact) mass is 541 g/mol. The third-order valence-electron chi connectivity index (χ3n) is 3.58. The fourth-order valence-corrected chi connectivity index (χ4v) is 3.46. The summed E-state index contributed by atoms with van der Waals surface area (Å²) in [6.07, 6.45) is 1.27. The Bertz CT molecular complexity index is 880. The molecule has 1 aromatic carbocycles. The van der Waals surface area contributed by atoms with E-state index < -0.39 is 23.1 Å². The lowest BCUT2D eigenvalue weighted by atomic mass is 10.1. The zero-order chi connectivity index (χ0) is 23.2. The summed E-state index contributed by atoms with van der Waals surface area (Å²) in [5, 5.41) is 15.5. The molecule has 0 saturated carbocycles. The number of hydrogen-bond acceptors (Lipinski definition) is 9. The molecule has 0 amide bonds. The lowest BCUT2D eigenvalue weighted by molar-refractivity contribution is -0.160. The lowest BCUT2D eigenvalue weighted by Gasteiger charge is -2.26. The maximum absolute atomic E-state index is 12.4. The van der Waals surface area contributed by atoms with E-state index in [1.807, 2.05) is 18.2 Å². The standard InChI is InChI=1S/C21H28IN5O4/c1-20(2,3)30-17(28)11-27(12-18(29)31-21(4,5)6)10-14-7-15(9-16(22)8-14)19-25-23-13-24-26-19/h7-9,13H,10-12H2,1-6H3. The Morgan fingerprint density at radius 2 is 1.42 bits per heavy atom. The highest BCUT2D eigenvalue weighted by Gasteiger charge is 2.24. The number of nitrogens with zero attached hydrogens (tertiary/aromatic N) is 5. The first kappa shape index (κ1) is 25.1. The fourth-order valence-electron chi connectivity index (χ4n) is 2.73. The zero-order valence-electron chi connectivity index (χ0n) is 18.7. The van der Waals surface area contributed by atoms with Crippen LogP contribution >= 0.6 is 22.6 Å². The molecule has 0 fully saturated rings. The third-order valence-corrected chi connectivity index (χ3v) is 4.20. The highest BCUT2D eigenvalue weighted by atomic mass is 127. The van der Waals surface area contributed by atoms with E-state index in [0.29, 0.717) is 12.4 Å². The molecular weight excluding hydrogens is 513 g/mol. The predicted octanol–water partition coefficient (Wildman–Crippen LogP) is 3.02. The molecule has 0 unspecified atom stereocenters. The van der Waals surface area contributed by atoms with E-state index in [2.05, 4.69) is 43.0 Å². The van der Waals surface area contributed by atoms with E-state index in [1.54, 1.807) is 46.4 Å². The summed E-state index contributed by atoms with van der Waals surface area (Å²) in [5.74, 6) is -0.434. The van der Waals surface area contributed by atoms with Gasteiger partial charge in [-0.2, -0.15) is 0 Å². The van der Waals surface area contributed by atoms with Crippen molar-refractivity contribution in [3.8, 4) is 11.4 Å². The molecular formula is C21H28IN5O4. The normalized spacial score (nSPS) is 12.0. The number of ether oxygens (including phenoxy) is 2. The number of halogens is 1. The Hall–Kier alpha value is -2.21. The van der Waals surface area contributed by atoms with Gasteiger partial charge in [-0.05, 0) is 87.9 Å². The van der Waals surface area contributed by atoms with E-state index in [0.717, 1.165) is 14.7 Å². The van der Waals surface area contributed by atoms with Crippen LogP contribution in [-0.2, 0) is 25.6 Å². The Morgan fingerprint density at radius 1 is 0.903 bits per heavy atom.